The third kappa shape index (κ3) is 6.33. The van der Waals surface area contributed by atoms with Crippen molar-refractivity contribution in [3.63, 3.8) is 0 Å². The van der Waals surface area contributed by atoms with Crippen molar-refractivity contribution in [1.29, 1.82) is 0 Å². The van der Waals surface area contributed by atoms with E-state index in [2.05, 4.69) is 10.0 Å². The number of ether oxygens (including phenoxy) is 2. The lowest BCUT2D eigenvalue weighted by molar-refractivity contribution is 0.0730. The van der Waals surface area contributed by atoms with Crippen molar-refractivity contribution >= 4 is 37.3 Å². The Kier molecular flexibility index (Phi) is 8.36. The van der Waals surface area contributed by atoms with Gasteiger partial charge in [0.05, 0.1) is 29.6 Å². The van der Waals surface area contributed by atoms with E-state index in [1.807, 2.05) is 6.92 Å². The standard InChI is InChI=1S/C26H29N3O7S2/c1-3-36-22-9-5-21(6-10-22)28-37(31,32)23-12-7-20(8-13-23)27-26(30)25-18-24(11-4-19(25)2)38(33,34)29-14-16-35-17-15-29/h4-13,18,28H,3,14-17H2,1-2H3,(H,27,30). The van der Waals surface area contributed by atoms with Crippen LogP contribution in [0.3, 0.4) is 0 Å². The summed E-state index contributed by atoms with van der Waals surface area (Å²) in [7, 11) is -7.63. The van der Waals surface area contributed by atoms with Crippen LogP contribution in [0.1, 0.15) is 22.8 Å². The van der Waals surface area contributed by atoms with Gasteiger partial charge in [0.15, 0.2) is 0 Å². The second kappa shape index (κ2) is 11.5. The molecule has 10 nitrogen and oxygen atoms in total. The quantitative estimate of drug-likeness (QED) is 0.410. The van der Waals surface area contributed by atoms with Crippen molar-refractivity contribution in [2.45, 2.75) is 23.6 Å². The van der Waals surface area contributed by atoms with Crippen LogP contribution in [0, 0.1) is 6.92 Å². The fraction of sp³-hybridized carbons (Fsp3) is 0.269. The third-order valence-electron chi connectivity index (χ3n) is 5.90. The highest BCUT2D eigenvalue weighted by Crippen LogP contribution is 2.23. The van der Waals surface area contributed by atoms with Gasteiger partial charge in [-0.25, -0.2) is 16.8 Å². The number of sulfonamides is 2. The van der Waals surface area contributed by atoms with Crippen LogP contribution in [0.15, 0.2) is 76.5 Å². The van der Waals surface area contributed by atoms with Crippen molar-refractivity contribution in [2.75, 3.05) is 42.9 Å². The maximum absolute atomic E-state index is 13.0. The van der Waals surface area contributed by atoms with Gasteiger partial charge in [-0.2, -0.15) is 4.31 Å². The molecule has 202 valence electrons. The van der Waals surface area contributed by atoms with E-state index in [1.165, 1.54) is 40.7 Å². The summed E-state index contributed by atoms with van der Waals surface area (Å²) in [6.45, 7) is 5.22. The smallest absolute Gasteiger partial charge is 0.261 e. The number of hydrogen-bond acceptors (Lipinski definition) is 7. The third-order valence-corrected chi connectivity index (χ3v) is 9.19. The summed E-state index contributed by atoms with van der Waals surface area (Å²) in [4.78, 5) is 13.0. The van der Waals surface area contributed by atoms with Gasteiger partial charge in [0.2, 0.25) is 10.0 Å². The van der Waals surface area contributed by atoms with Crippen LogP contribution in [0.4, 0.5) is 11.4 Å². The molecule has 3 aromatic carbocycles. The first-order valence-corrected chi connectivity index (χ1v) is 14.9. The fourth-order valence-electron chi connectivity index (χ4n) is 3.86. The zero-order valence-electron chi connectivity index (χ0n) is 21.0. The Morgan fingerprint density at radius 2 is 1.50 bits per heavy atom. The van der Waals surface area contributed by atoms with Gasteiger partial charge in [0, 0.05) is 30.0 Å². The summed E-state index contributed by atoms with van der Waals surface area (Å²) in [5, 5.41) is 2.71. The first-order valence-electron chi connectivity index (χ1n) is 12.0. The lowest BCUT2D eigenvalue weighted by Crippen LogP contribution is -2.40. The first-order chi connectivity index (χ1) is 18.1. The van der Waals surface area contributed by atoms with Gasteiger partial charge < -0.3 is 14.8 Å². The maximum Gasteiger partial charge on any atom is 0.261 e. The molecule has 1 heterocycles. The Labute approximate surface area is 222 Å². The molecular formula is C26H29N3O7S2. The maximum atomic E-state index is 13.0. The Morgan fingerprint density at radius 1 is 0.895 bits per heavy atom. The molecule has 0 atom stereocenters. The Bertz CT molecular complexity index is 1500. The minimum Gasteiger partial charge on any atom is -0.494 e. The average Bonchev–Trinajstić information content (AvgIpc) is 2.91. The Morgan fingerprint density at radius 3 is 2.13 bits per heavy atom. The zero-order valence-corrected chi connectivity index (χ0v) is 22.6. The van der Waals surface area contributed by atoms with Gasteiger partial charge in [0.1, 0.15) is 5.75 Å². The predicted molar refractivity (Wildman–Crippen MR) is 144 cm³/mol. The molecule has 12 heteroatoms. The van der Waals surface area contributed by atoms with Crippen LogP contribution >= 0.6 is 0 Å². The molecule has 0 spiro atoms. The summed E-state index contributed by atoms with van der Waals surface area (Å²) < 4.78 is 66.0. The van der Waals surface area contributed by atoms with Gasteiger partial charge in [-0.05, 0) is 80.1 Å². The van der Waals surface area contributed by atoms with Gasteiger partial charge in [-0.3, -0.25) is 9.52 Å². The van der Waals surface area contributed by atoms with E-state index < -0.39 is 26.0 Å². The van der Waals surface area contributed by atoms with Crippen molar-refractivity contribution in [2.24, 2.45) is 0 Å². The summed E-state index contributed by atoms with van der Waals surface area (Å²) >= 11 is 0. The number of benzene rings is 3. The predicted octanol–water partition coefficient (Wildman–Crippen LogP) is 3.47. The second-order valence-corrected chi connectivity index (χ2v) is 12.2. The van der Waals surface area contributed by atoms with Crippen molar-refractivity contribution in [3.8, 4) is 5.75 Å². The first kappa shape index (κ1) is 27.6. The number of nitrogens with zero attached hydrogens (tertiary/aromatic N) is 1. The molecule has 1 aliphatic rings. The largest absolute Gasteiger partial charge is 0.494 e. The number of carbonyl (C=O) groups excluding carboxylic acids is 1. The van der Waals surface area contributed by atoms with Crippen LogP contribution in [0.5, 0.6) is 5.75 Å². The molecule has 1 amide bonds. The minimum absolute atomic E-state index is 0.0131. The SMILES string of the molecule is CCOc1ccc(NS(=O)(=O)c2ccc(NC(=O)c3cc(S(=O)(=O)N4CCOCC4)ccc3C)cc2)cc1. The monoisotopic (exact) mass is 559 g/mol. The summed E-state index contributed by atoms with van der Waals surface area (Å²) in [6, 6.07) is 16.7. The van der Waals surface area contributed by atoms with Crippen LogP contribution in [-0.2, 0) is 24.8 Å². The van der Waals surface area contributed by atoms with Crippen LogP contribution in [0.25, 0.3) is 0 Å². The number of rotatable bonds is 9. The molecular weight excluding hydrogens is 530 g/mol. The lowest BCUT2D eigenvalue weighted by Gasteiger charge is -2.26. The number of amides is 1. The minimum atomic E-state index is -3.86. The van der Waals surface area contributed by atoms with E-state index in [0.29, 0.717) is 42.5 Å². The number of hydrogen-bond donors (Lipinski definition) is 2. The van der Waals surface area contributed by atoms with E-state index in [1.54, 1.807) is 37.3 Å². The van der Waals surface area contributed by atoms with E-state index in [0.717, 1.165) is 0 Å². The zero-order chi connectivity index (χ0) is 27.3. The highest BCUT2D eigenvalue weighted by Gasteiger charge is 2.27. The highest BCUT2D eigenvalue weighted by molar-refractivity contribution is 7.92. The number of nitrogens with one attached hydrogen (secondary N) is 2. The van der Waals surface area contributed by atoms with Crippen LogP contribution in [0.2, 0.25) is 0 Å². The number of morpholine rings is 1. The second-order valence-electron chi connectivity index (χ2n) is 8.53. The van der Waals surface area contributed by atoms with Gasteiger partial charge >= 0.3 is 0 Å². The number of aryl methyl sites for hydroxylation is 1. The molecule has 0 unspecified atom stereocenters. The average molecular weight is 560 g/mol. The van der Waals surface area contributed by atoms with Crippen molar-refractivity contribution < 1.29 is 31.1 Å². The molecule has 2 N–H and O–H groups in total. The molecule has 0 radical (unpaired) electrons. The summed E-state index contributed by atoms with van der Waals surface area (Å²) in [5.74, 6) is 0.125. The molecule has 0 saturated carbocycles. The van der Waals surface area contributed by atoms with E-state index in [4.69, 9.17) is 9.47 Å². The Balaban J connectivity index is 1.47. The molecule has 4 rings (SSSR count). The molecule has 1 saturated heterocycles. The van der Waals surface area contributed by atoms with Gasteiger partial charge in [-0.15, -0.1) is 0 Å². The lowest BCUT2D eigenvalue weighted by atomic mass is 10.1. The molecule has 3 aromatic rings. The van der Waals surface area contributed by atoms with Gasteiger partial charge in [-0.1, -0.05) is 6.07 Å². The normalized spacial score (nSPS) is 14.6. The summed E-state index contributed by atoms with van der Waals surface area (Å²) in [5.41, 5.74) is 1.54. The van der Waals surface area contributed by atoms with E-state index in [9.17, 15) is 21.6 Å². The van der Waals surface area contributed by atoms with E-state index in [-0.39, 0.29) is 28.4 Å². The number of anilines is 2. The van der Waals surface area contributed by atoms with Crippen LogP contribution in [-0.4, -0.2) is 60.0 Å². The summed E-state index contributed by atoms with van der Waals surface area (Å²) in [6.07, 6.45) is 0. The van der Waals surface area contributed by atoms with Gasteiger partial charge in [0.25, 0.3) is 15.9 Å². The Hall–Kier alpha value is -3.45. The molecule has 0 aromatic heterocycles. The topological polar surface area (TPSA) is 131 Å². The number of carbonyl (C=O) groups is 1. The van der Waals surface area contributed by atoms with Crippen molar-refractivity contribution in [1.82, 2.24) is 4.31 Å². The molecule has 0 aliphatic carbocycles. The molecule has 1 fully saturated rings. The van der Waals surface area contributed by atoms with E-state index >= 15 is 0 Å². The molecule has 1 aliphatic heterocycles. The van der Waals surface area contributed by atoms with Crippen LogP contribution < -0.4 is 14.8 Å². The highest BCUT2D eigenvalue weighted by atomic mass is 32.2. The fourth-order valence-corrected chi connectivity index (χ4v) is 6.35. The molecule has 38 heavy (non-hydrogen) atoms. The van der Waals surface area contributed by atoms with Crippen molar-refractivity contribution in [3.05, 3.63) is 77.9 Å². The molecule has 0 bridgehead atoms.